The second-order valence-electron chi connectivity index (χ2n) is 3.43. The van der Waals surface area contributed by atoms with Gasteiger partial charge in [0.25, 0.3) is 5.69 Å². The number of hydrogen-bond acceptors (Lipinski definition) is 3. The molecule has 2 rings (SSSR count). The molecule has 0 fully saturated rings. The van der Waals surface area contributed by atoms with Crippen molar-refractivity contribution in [3.05, 3.63) is 63.4 Å². The Balaban J connectivity index is 2.34. The Hall–Kier alpha value is -1.59. The molecule has 0 radical (unpaired) electrons. The zero-order chi connectivity index (χ0) is 13.1. The number of benzene rings is 2. The van der Waals surface area contributed by atoms with Gasteiger partial charge in [-0.25, -0.2) is 4.39 Å². The van der Waals surface area contributed by atoms with Gasteiger partial charge in [0, 0.05) is 9.92 Å². The van der Waals surface area contributed by atoms with Gasteiger partial charge in [0.1, 0.15) is 5.82 Å². The quantitative estimate of drug-likeness (QED) is 0.613. The number of halogens is 2. The molecule has 0 N–H and O–H groups in total. The summed E-state index contributed by atoms with van der Waals surface area (Å²) >= 11 is 6.94. The van der Waals surface area contributed by atoms with Gasteiger partial charge in [-0.2, -0.15) is 0 Å². The summed E-state index contributed by atoms with van der Waals surface area (Å²) in [7, 11) is 0. The van der Waals surface area contributed by atoms with Crippen LogP contribution < -0.4 is 0 Å². The Morgan fingerprint density at radius 2 is 1.83 bits per heavy atom. The molecule has 18 heavy (non-hydrogen) atoms. The molecule has 0 aliphatic carbocycles. The van der Waals surface area contributed by atoms with E-state index in [9.17, 15) is 14.5 Å². The first kappa shape index (κ1) is 12.9. The third kappa shape index (κ3) is 3.00. The summed E-state index contributed by atoms with van der Waals surface area (Å²) in [5.74, 6) is -0.623. The van der Waals surface area contributed by atoms with Crippen LogP contribution in [0.2, 0.25) is 5.02 Å². The molecule has 0 aliphatic heterocycles. The number of rotatable bonds is 3. The van der Waals surface area contributed by atoms with Crippen LogP contribution in [0.1, 0.15) is 0 Å². The van der Waals surface area contributed by atoms with Crippen molar-refractivity contribution in [2.45, 2.75) is 9.79 Å². The molecule has 6 heteroatoms. The highest BCUT2D eigenvalue weighted by Gasteiger charge is 2.15. The third-order valence-corrected chi connectivity index (χ3v) is 3.48. The van der Waals surface area contributed by atoms with E-state index in [2.05, 4.69) is 0 Å². The smallest absolute Gasteiger partial charge is 0.258 e. The topological polar surface area (TPSA) is 43.1 Å². The molecule has 0 saturated carbocycles. The lowest BCUT2D eigenvalue weighted by molar-refractivity contribution is -0.387. The van der Waals surface area contributed by atoms with Gasteiger partial charge in [0.05, 0.1) is 15.9 Å². The Morgan fingerprint density at radius 3 is 2.44 bits per heavy atom. The molecule has 0 spiro atoms. The minimum atomic E-state index is -0.623. The van der Waals surface area contributed by atoms with Crippen LogP contribution in [0.3, 0.4) is 0 Å². The molecule has 0 aliphatic rings. The molecule has 0 heterocycles. The molecule has 3 nitrogen and oxygen atoms in total. The zero-order valence-corrected chi connectivity index (χ0v) is 10.5. The summed E-state index contributed by atoms with van der Waals surface area (Å²) in [4.78, 5) is 11.4. The van der Waals surface area contributed by atoms with Crippen molar-refractivity contribution in [3.63, 3.8) is 0 Å². The lowest BCUT2D eigenvalue weighted by Gasteiger charge is -2.03. The van der Waals surface area contributed by atoms with Crippen molar-refractivity contribution >= 4 is 29.1 Å². The summed E-state index contributed by atoms with van der Waals surface area (Å²) in [6.07, 6.45) is 0. The fourth-order valence-electron chi connectivity index (χ4n) is 1.35. The fraction of sp³-hybridized carbons (Fsp3) is 0. The molecular weight excluding hydrogens is 277 g/mol. The number of nitro groups is 1. The highest BCUT2D eigenvalue weighted by molar-refractivity contribution is 7.99. The van der Waals surface area contributed by atoms with E-state index >= 15 is 0 Å². The molecular formula is C12H7ClFNO2S. The second kappa shape index (κ2) is 5.37. The van der Waals surface area contributed by atoms with Crippen molar-refractivity contribution in [1.82, 2.24) is 0 Å². The first-order valence-electron chi connectivity index (χ1n) is 4.93. The average Bonchev–Trinajstić information content (AvgIpc) is 2.34. The molecule has 0 aromatic heterocycles. The summed E-state index contributed by atoms with van der Waals surface area (Å²) in [6, 6.07) is 10.4. The van der Waals surface area contributed by atoms with Crippen molar-refractivity contribution in [3.8, 4) is 0 Å². The first-order valence-corrected chi connectivity index (χ1v) is 6.13. The van der Waals surface area contributed by atoms with Crippen molar-refractivity contribution in [1.29, 1.82) is 0 Å². The van der Waals surface area contributed by atoms with E-state index in [-0.39, 0.29) is 5.69 Å². The van der Waals surface area contributed by atoms with Crippen LogP contribution in [0, 0.1) is 15.9 Å². The summed E-state index contributed by atoms with van der Waals surface area (Å²) in [5, 5.41) is 11.4. The number of nitrogens with zero attached hydrogens (tertiary/aromatic N) is 1. The Morgan fingerprint density at radius 1 is 1.17 bits per heavy atom. The number of hydrogen-bond donors (Lipinski definition) is 0. The van der Waals surface area contributed by atoms with Crippen molar-refractivity contribution < 1.29 is 9.31 Å². The highest BCUT2D eigenvalue weighted by Crippen LogP contribution is 2.35. The lowest BCUT2D eigenvalue weighted by atomic mass is 10.3. The minimum absolute atomic E-state index is 0.241. The van der Waals surface area contributed by atoms with E-state index in [1.165, 1.54) is 23.9 Å². The van der Waals surface area contributed by atoms with Crippen LogP contribution in [-0.4, -0.2) is 4.92 Å². The van der Waals surface area contributed by atoms with E-state index < -0.39 is 10.7 Å². The van der Waals surface area contributed by atoms with Crippen molar-refractivity contribution in [2.24, 2.45) is 0 Å². The van der Waals surface area contributed by atoms with Gasteiger partial charge < -0.3 is 0 Å². The third-order valence-electron chi connectivity index (χ3n) is 2.16. The molecule has 92 valence electrons. The van der Waals surface area contributed by atoms with E-state index in [0.29, 0.717) is 9.92 Å². The Kier molecular flexibility index (Phi) is 3.84. The molecule has 0 bridgehead atoms. The predicted octanol–water partition coefficient (Wildman–Crippen LogP) is 4.54. The van der Waals surface area contributed by atoms with Gasteiger partial charge in [-0.1, -0.05) is 23.4 Å². The highest BCUT2D eigenvalue weighted by atomic mass is 35.5. The molecule has 0 saturated heterocycles. The SMILES string of the molecule is O=[N+]([O-])c1cc(F)ccc1Sc1ccc(Cl)cc1. The summed E-state index contributed by atoms with van der Waals surface area (Å²) in [5.41, 5.74) is -0.241. The van der Waals surface area contributed by atoms with E-state index in [0.717, 1.165) is 11.0 Å². The van der Waals surface area contributed by atoms with Gasteiger partial charge in [0.15, 0.2) is 0 Å². The second-order valence-corrected chi connectivity index (χ2v) is 4.98. The minimum Gasteiger partial charge on any atom is -0.258 e. The Labute approximate surface area is 112 Å². The molecule has 0 unspecified atom stereocenters. The van der Waals surface area contributed by atoms with Crippen LogP contribution in [-0.2, 0) is 0 Å². The lowest BCUT2D eigenvalue weighted by Crippen LogP contribution is -1.91. The predicted molar refractivity (Wildman–Crippen MR) is 68.6 cm³/mol. The maximum Gasteiger partial charge on any atom is 0.286 e. The van der Waals surface area contributed by atoms with Crippen molar-refractivity contribution in [2.75, 3.05) is 0 Å². The fourth-order valence-corrected chi connectivity index (χ4v) is 2.38. The standard InChI is InChI=1S/C12H7ClFNO2S/c13-8-1-4-10(5-2-8)18-12-6-3-9(14)7-11(12)15(16)17/h1-7H. The van der Waals surface area contributed by atoms with E-state index in [1.54, 1.807) is 24.3 Å². The molecule has 2 aromatic rings. The summed E-state index contributed by atoms with van der Waals surface area (Å²) < 4.78 is 13.0. The van der Waals surface area contributed by atoms with Crippen LogP contribution >= 0.6 is 23.4 Å². The van der Waals surface area contributed by atoms with E-state index in [4.69, 9.17) is 11.6 Å². The van der Waals surface area contributed by atoms with Gasteiger partial charge in [-0.15, -0.1) is 0 Å². The van der Waals surface area contributed by atoms with Crippen LogP contribution in [0.4, 0.5) is 10.1 Å². The van der Waals surface area contributed by atoms with Gasteiger partial charge in [-0.3, -0.25) is 10.1 Å². The van der Waals surface area contributed by atoms with E-state index in [1.807, 2.05) is 0 Å². The molecule has 0 atom stereocenters. The maximum atomic E-state index is 13.0. The van der Waals surface area contributed by atoms with Gasteiger partial charge >= 0.3 is 0 Å². The van der Waals surface area contributed by atoms with Crippen LogP contribution in [0.5, 0.6) is 0 Å². The summed E-state index contributed by atoms with van der Waals surface area (Å²) in [6.45, 7) is 0. The van der Waals surface area contributed by atoms with Gasteiger partial charge in [0.2, 0.25) is 0 Å². The first-order chi connectivity index (χ1) is 8.56. The van der Waals surface area contributed by atoms with Crippen LogP contribution in [0.15, 0.2) is 52.3 Å². The number of nitro benzene ring substituents is 1. The molecule has 0 amide bonds. The normalized spacial score (nSPS) is 10.3. The van der Waals surface area contributed by atoms with Crippen LogP contribution in [0.25, 0.3) is 0 Å². The largest absolute Gasteiger partial charge is 0.286 e. The maximum absolute atomic E-state index is 13.0. The van der Waals surface area contributed by atoms with Gasteiger partial charge in [-0.05, 0) is 36.4 Å². The average molecular weight is 284 g/mol. The Bertz CT molecular complexity index is 589. The monoisotopic (exact) mass is 283 g/mol. The zero-order valence-electron chi connectivity index (χ0n) is 8.97. The molecule has 2 aromatic carbocycles.